The van der Waals surface area contributed by atoms with Crippen LogP contribution in [0, 0.1) is 6.92 Å². The quantitative estimate of drug-likeness (QED) is 0.661. The number of aromatic nitrogens is 2. The molecular formula is C18H17N3O3S. The van der Waals surface area contributed by atoms with E-state index in [1.54, 1.807) is 34.4 Å². The Labute approximate surface area is 148 Å². The molecule has 3 aromatic rings. The number of nitrogens with zero attached hydrogens (tertiary/aromatic N) is 3. The zero-order valence-electron chi connectivity index (χ0n) is 13.8. The lowest BCUT2D eigenvalue weighted by atomic mass is 9.98. The molecule has 6 nitrogen and oxygen atoms in total. The predicted molar refractivity (Wildman–Crippen MR) is 95.0 cm³/mol. The van der Waals surface area contributed by atoms with Gasteiger partial charge in [-0.25, -0.2) is 4.79 Å². The minimum atomic E-state index is -0.586. The zero-order chi connectivity index (χ0) is 17.4. The molecule has 1 amide bonds. The summed E-state index contributed by atoms with van der Waals surface area (Å²) in [5.74, 6) is -0.0955. The van der Waals surface area contributed by atoms with Gasteiger partial charge in [-0.2, -0.15) is 0 Å². The van der Waals surface area contributed by atoms with Crippen LogP contribution in [0.1, 0.15) is 39.1 Å². The van der Waals surface area contributed by atoms with E-state index in [0.717, 1.165) is 28.2 Å². The lowest BCUT2D eigenvalue weighted by Crippen LogP contribution is -2.40. The normalized spacial score (nSPS) is 17.8. The summed E-state index contributed by atoms with van der Waals surface area (Å²) in [5.41, 5.74) is -0.00437. The Balaban J connectivity index is 1.62. The van der Waals surface area contributed by atoms with Gasteiger partial charge in [0.2, 0.25) is 0 Å². The van der Waals surface area contributed by atoms with Crippen LogP contribution in [-0.4, -0.2) is 34.1 Å². The second-order valence-corrected chi connectivity index (χ2v) is 7.45. The molecule has 1 saturated heterocycles. The number of carbonyl (C=O) groups excluding carboxylic acids is 1. The topological polar surface area (TPSA) is 76.3 Å². The first kappa shape index (κ1) is 16.0. The number of para-hydroxylation sites is 1. The van der Waals surface area contributed by atoms with Gasteiger partial charge in [0.25, 0.3) is 5.91 Å². The molecule has 0 N–H and O–H groups in total. The number of rotatable bonds is 2. The van der Waals surface area contributed by atoms with Crippen molar-refractivity contribution >= 4 is 28.2 Å². The Morgan fingerprint density at radius 1 is 1.32 bits per heavy atom. The van der Waals surface area contributed by atoms with E-state index >= 15 is 0 Å². The molecule has 25 heavy (non-hydrogen) atoms. The molecule has 1 fully saturated rings. The van der Waals surface area contributed by atoms with Gasteiger partial charge >= 0.3 is 5.63 Å². The molecule has 0 aliphatic carbocycles. The number of piperidine rings is 1. The highest BCUT2D eigenvalue weighted by Gasteiger charge is 2.29. The Morgan fingerprint density at radius 3 is 2.96 bits per heavy atom. The van der Waals surface area contributed by atoms with Crippen LogP contribution in [0.2, 0.25) is 0 Å². The Bertz CT molecular complexity index is 994. The first-order valence-corrected chi connectivity index (χ1v) is 9.05. The second-order valence-electron chi connectivity index (χ2n) is 6.23. The van der Waals surface area contributed by atoms with Crippen LogP contribution < -0.4 is 5.63 Å². The summed E-state index contributed by atoms with van der Waals surface area (Å²) in [5, 5.41) is 10.9. The molecule has 4 rings (SSSR count). The van der Waals surface area contributed by atoms with Crippen molar-refractivity contribution in [1.82, 2.24) is 15.1 Å². The maximum Gasteiger partial charge on any atom is 0.349 e. The molecule has 1 aliphatic rings. The van der Waals surface area contributed by atoms with E-state index in [1.165, 1.54) is 0 Å². The molecule has 7 heteroatoms. The third-order valence-electron chi connectivity index (χ3n) is 4.47. The number of amides is 1. The zero-order valence-corrected chi connectivity index (χ0v) is 14.6. The maximum absolute atomic E-state index is 12.9. The lowest BCUT2D eigenvalue weighted by molar-refractivity contribution is 0.0702. The number of fused-ring (bicyclic) bond motifs is 1. The van der Waals surface area contributed by atoms with Crippen LogP contribution in [0.4, 0.5) is 0 Å². The third-order valence-corrected chi connectivity index (χ3v) is 5.47. The second kappa shape index (κ2) is 6.40. The Morgan fingerprint density at radius 2 is 2.16 bits per heavy atom. The summed E-state index contributed by atoms with van der Waals surface area (Å²) in [6, 6.07) is 8.83. The summed E-state index contributed by atoms with van der Waals surface area (Å²) in [6.07, 6.45) is 1.86. The van der Waals surface area contributed by atoms with E-state index in [2.05, 4.69) is 10.2 Å². The first-order valence-electron chi connectivity index (χ1n) is 8.24. The predicted octanol–water partition coefficient (Wildman–Crippen LogP) is 2.97. The van der Waals surface area contributed by atoms with Crippen LogP contribution in [0.15, 0.2) is 39.5 Å². The average Bonchev–Trinajstić information content (AvgIpc) is 3.07. The molecule has 0 bridgehead atoms. The third kappa shape index (κ3) is 3.07. The van der Waals surface area contributed by atoms with Crippen LogP contribution in [0.25, 0.3) is 11.0 Å². The van der Waals surface area contributed by atoms with E-state index in [9.17, 15) is 9.59 Å². The fourth-order valence-electron chi connectivity index (χ4n) is 3.22. The summed E-state index contributed by atoms with van der Waals surface area (Å²) >= 11 is 1.57. The molecule has 0 unspecified atom stereocenters. The van der Waals surface area contributed by atoms with Crippen molar-refractivity contribution in [2.45, 2.75) is 25.7 Å². The van der Waals surface area contributed by atoms with Crippen molar-refractivity contribution in [3.63, 3.8) is 0 Å². The number of hydrogen-bond donors (Lipinski definition) is 0. The van der Waals surface area contributed by atoms with Crippen molar-refractivity contribution in [2.24, 2.45) is 0 Å². The van der Waals surface area contributed by atoms with Crippen molar-refractivity contribution < 1.29 is 9.21 Å². The Hall–Kier alpha value is -2.54. The van der Waals surface area contributed by atoms with E-state index < -0.39 is 5.63 Å². The minimum absolute atomic E-state index is 0.0906. The highest BCUT2D eigenvalue weighted by Crippen LogP contribution is 2.29. The van der Waals surface area contributed by atoms with E-state index in [1.807, 2.05) is 19.1 Å². The van der Waals surface area contributed by atoms with Gasteiger partial charge in [0.05, 0.1) is 0 Å². The van der Waals surface area contributed by atoms with Gasteiger partial charge < -0.3 is 9.32 Å². The molecule has 128 valence electrons. The largest absolute Gasteiger partial charge is 0.422 e. The minimum Gasteiger partial charge on any atom is -0.422 e. The smallest absolute Gasteiger partial charge is 0.349 e. The average molecular weight is 355 g/mol. The van der Waals surface area contributed by atoms with Gasteiger partial charge in [-0.1, -0.05) is 18.2 Å². The first-order chi connectivity index (χ1) is 12.1. The molecule has 1 aliphatic heterocycles. The number of benzene rings is 1. The molecule has 1 aromatic carbocycles. The molecule has 2 aromatic heterocycles. The monoisotopic (exact) mass is 355 g/mol. The van der Waals surface area contributed by atoms with E-state index in [4.69, 9.17) is 4.42 Å². The molecule has 0 spiro atoms. The van der Waals surface area contributed by atoms with Gasteiger partial charge in [0.15, 0.2) is 0 Å². The SMILES string of the molecule is Cc1nnc([C@@H]2CCCN(C(=O)c3cc4ccccc4oc3=O)C2)s1. The molecule has 0 radical (unpaired) electrons. The highest BCUT2D eigenvalue weighted by molar-refractivity contribution is 7.11. The van der Waals surface area contributed by atoms with Gasteiger partial charge in [-0.15, -0.1) is 21.5 Å². The maximum atomic E-state index is 12.9. The number of hydrogen-bond acceptors (Lipinski definition) is 6. The summed E-state index contributed by atoms with van der Waals surface area (Å²) in [7, 11) is 0. The van der Waals surface area contributed by atoms with Crippen molar-refractivity contribution in [3.05, 3.63) is 56.3 Å². The van der Waals surface area contributed by atoms with Crippen LogP contribution in [-0.2, 0) is 0 Å². The molecule has 3 heterocycles. The number of aryl methyl sites for hydroxylation is 1. The summed E-state index contributed by atoms with van der Waals surface area (Å²) < 4.78 is 5.30. The van der Waals surface area contributed by atoms with Crippen LogP contribution in [0.3, 0.4) is 0 Å². The van der Waals surface area contributed by atoms with Gasteiger partial charge in [0, 0.05) is 24.4 Å². The van der Waals surface area contributed by atoms with Crippen molar-refractivity contribution in [1.29, 1.82) is 0 Å². The molecule has 0 saturated carbocycles. The van der Waals surface area contributed by atoms with E-state index in [0.29, 0.717) is 18.7 Å². The number of carbonyl (C=O) groups is 1. The lowest BCUT2D eigenvalue weighted by Gasteiger charge is -2.31. The van der Waals surface area contributed by atoms with Gasteiger partial charge in [-0.05, 0) is 31.9 Å². The molecular weight excluding hydrogens is 338 g/mol. The van der Waals surface area contributed by atoms with Crippen molar-refractivity contribution in [3.8, 4) is 0 Å². The fourth-order valence-corrected chi connectivity index (χ4v) is 4.05. The van der Waals surface area contributed by atoms with Gasteiger partial charge in [-0.3, -0.25) is 4.79 Å². The van der Waals surface area contributed by atoms with Crippen LogP contribution >= 0.6 is 11.3 Å². The summed E-state index contributed by atoms with van der Waals surface area (Å²) in [6.45, 7) is 3.12. The van der Waals surface area contributed by atoms with Crippen molar-refractivity contribution in [2.75, 3.05) is 13.1 Å². The van der Waals surface area contributed by atoms with Gasteiger partial charge in [0.1, 0.15) is 21.2 Å². The van der Waals surface area contributed by atoms with E-state index in [-0.39, 0.29) is 17.4 Å². The standard InChI is InChI=1S/C18H17N3O3S/c1-11-19-20-16(25-11)13-6-4-8-21(10-13)17(22)14-9-12-5-2-3-7-15(12)24-18(14)23/h2-3,5,7,9,13H,4,6,8,10H2,1H3/t13-/m1/s1. The Kier molecular flexibility index (Phi) is 4.09. The fraction of sp³-hybridized carbons (Fsp3) is 0.333. The highest BCUT2D eigenvalue weighted by atomic mass is 32.1. The molecule has 1 atom stereocenters. The summed E-state index contributed by atoms with van der Waals surface area (Å²) in [4.78, 5) is 26.8. The number of likely N-dealkylation sites (tertiary alicyclic amines) is 1. The van der Waals surface area contributed by atoms with Crippen LogP contribution in [0.5, 0.6) is 0 Å².